The molecule has 1 unspecified atom stereocenters. The molecule has 1 aliphatic rings. The zero-order valence-electron chi connectivity index (χ0n) is 16.6. The topological polar surface area (TPSA) is 95.3 Å². The second-order valence-corrected chi connectivity index (χ2v) is 7.17. The van der Waals surface area contributed by atoms with E-state index in [2.05, 4.69) is 11.2 Å². The number of ether oxygens (including phenoxy) is 3. The van der Waals surface area contributed by atoms with E-state index >= 15 is 0 Å². The average molecular weight is 423 g/mol. The van der Waals surface area contributed by atoms with Crippen LogP contribution in [0.2, 0.25) is 5.02 Å². The van der Waals surface area contributed by atoms with E-state index in [0.717, 1.165) is 16.8 Å². The third kappa shape index (κ3) is 3.11. The number of methoxy groups -OCH3 is 2. The van der Waals surface area contributed by atoms with Crippen LogP contribution in [0.15, 0.2) is 53.9 Å². The third-order valence-corrected chi connectivity index (χ3v) is 5.26. The van der Waals surface area contributed by atoms with E-state index in [1.807, 2.05) is 31.2 Å². The lowest BCUT2D eigenvalue weighted by atomic mass is 9.84. The van der Waals surface area contributed by atoms with Gasteiger partial charge in [0.05, 0.1) is 37.1 Å². The van der Waals surface area contributed by atoms with Gasteiger partial charge in [0.25, 0.3) is 0 Å². The van der Waals surface area contributed by atoms with Crippen LogP contribution in [0, 0.1) is 18.3 Å². The van der Waals surface area contributed by atoms with Crippen LogP contribution in [0.1, 0.15) is 22.7 Å². The number of rotatable bonds is 4. The fourth-order valence-electron chi connectivity index (χ4n) is 3.66. The Balaban J connectivity index is 1.94. The molecule has 1 aromatic heterocycles. The highest BCUT2D eigenvalue weighted by Gasteiger charge is 2.36. The van der Waals surface area contributed by atoms with Crippen molar-refractivity contribution < 1.29 is 14.2 Å². The van der Waals surface area contributed by atoms with Crippen LogP contribution in [0.25, 0.3) is 5.69 Å². The maximum absolute atomic E-state index is 9.83. The van der Waals surface area contributed by atoms with E-state index in [4.69, 9.17) is 31.5 Å². The number of fused-ring (bicyclic) bond motifs is 1. The van der Waals surface area contributed by atoms with Gasteiger partial charge in [0.15, 0.2) is 11.5 Å². The summed E-state index contributed by atoms with van der Waals surface area (Å²) in [7, 11) is 3.14. The molecule has 0 aliphatic carbocycles. The van der Waals surface area contributed by atoms with E-state index < -0.39 is 5.92 Å². The summed E-state index contributed by atoms with van der Waals surface area (Å²) in [5.41, 5.74) is 9.47. The first-order valence-corrected chi connectivity index (χ1v) is 9.51. The average Bonchev–Trinajstić information content (AvgIpc) is 3.08. The smallest absolute Gasteiger partial charge is 0.229 e. The van der Waals surface area contributed by atoms with E-state index in [1.54, 1.807) is 37.1 Å². The Morgan fingerprint density at radius 3 is 2.60 bits per heavy atom. The summed E-state index contributed by atoms with van der Waals surface area (Å²) in [6.07, 6.45) is 0. The van der Waals surface area contributed by atoms with Gasteiger partial charge >= 0.3 is 0 Å². The second kappa shape index (κ2) is 7.65. The number of hydrogen-bond donors (Lipinski definition) is 1. The van der Waals surface area contributed by atoms with Crippen LogP contribution in [-0.4, -0.2) is 24.0 Å². The standard InChI is InChI=1S/C22H19ClN4O3/c1-12-19-20(13-7-8-17(28-2)18(9-13)29-3)16(11-24)21(25)30-22(19)27(26-12)15-6-4-5-14(23)10-15/h4-10,20H,25H2,1-3H3. The monoisotopic (exact) mass is 422 g/mol. The van der Waals surface area contributed by atoms with Gasteiger partial charge in [-0.3, -0.25) is 0 Å². The minimum absolute atomic E-state index is 0.0352. The highest BCUT2D eigenvalue weighted by molar-refractivity contribution is 6.30. The molecule has 30 heavy (non-hydrogen) atoms. The van der Waals surface area contributed by atoms with Gasteiger partial charge in [-0.1, -0.05) is 23.7 Å². The van der Waals surface area contributed by atoms with Gasteiger partial charge in [-0.25, -0.2) is 4.68 Å². The molecule has 2 heterocycles. The first kappa shape index (κ1) is 19.7. The summed E-state index contributed by atoms with van der Waals surface area (Å²) in [4.78, 5) is 0. The van der Waals surface area contributed by atoms with Gasteiger partial charge < -0.3 is 19.9 Å². The first-order valence-electron chi connectivity index (χ1n) is 9.13. The van der Waals surface area contributed by atoms with Gasteiger partial charge in [-0.05, 0) is 42.8 Å². The Morgan fingerprint density at radius 1 is 1.17 bits per heavy atom. The van der Waals surface area contributed by atoms with Crippen molar-refractivity contribution in [3.63, 3.8) is 0 Å². The highest BCUT2D eigenvalue weighted by atomic mass is 35.5. The van der Waals surface area contributed by atoms with Gasteiger partial charge in [0.1, 0.15) is 11.6 Å². The first-order chi connectivity index (χ1) is 14.5. The van der Waals surface area contributed by atoms with Crippen LogP contribution in [0.4, 0.5) is 0 Å². The zero-order valence-corrected chi connectivity index (χ0v) is 17.4. The van der Waals surface area contributed by atoms with E-state index in [1.165, 1.54) is 0 Å². The third-order valence-electron chi connectivity index (χ3n) is 5.03. The molecule has 2 N–H and O–H groups in total. The fourth-order valence-corrected chi connectivity index (χ4v) is 3.85. The second-order valence-electron chi connectivity index (χ2n) is 6.74. The van der Waals surface area contributed by atoms with Gasteiger partial charge in [0, 0.05) is 5.02 Å². The minimum atomic E-state index is -0.466. The zero-order chi connectivity index (χ0) is 21.4. The summed E-state index contributed by atoms with van der Waals surface area (Å²) >= 11 is 6.16. The fraction of sp³-hybridized carbons (Fsp3) is 0.182. The molecule has 7 nitrogen and oxygen atoms in total. The lowest BCUT2D eigenvalue weighted by Crippen LogP contribution is -2.22. The van der Waals surface area contributed by atoms with Crippen LogP contribution in [-0.2, 0) is 0 Å². The molecular formula is C22H19ClN4O3. The molecule has 4 rings (SSSR count). The maximum atomic E-state index is 9.83. The molecule has 0 saturated heterocycles. The van der Waals surface area contributed by atoms with E-state index in [0.29, 0.717) is 33.7 Å². The molecule has 0 fully saturated rings. The Labute approximate surface area is 178 Å². The van der Waals surface area contributed by atoms with Crippen molar-refractivity contribution in [1.29, 1.82) is 5.26 Å². The summed E-state index contributed by atoms with van der Waals surface area (Å²) in [5.74, 6) is 1.17. The molecule has 1 atom stereocenters. The van der Waals surface area contributed by atoms with Crippen molar-refractivity contribution in [2.24, 2.45) is 5.73 Å². The number of nitriles is 1. The number of nitrogens with two attached hydrogens (primary N) is 1. The molecule has 0 saturated carbocycles. The molecular weight excluding hydrogens is 404 g/mol. The Bertz CT molecular complexity index is 1210. The van der Waals surface area contributed by atoms with Crippen LogP contribution in [0.3, 0.4) is 0 Å². The lowest BCUT2D eigenvalue weighted by Gasteiger charge is -2.25. The van der Waals surface area contributed by atoms with Crippen LogP contribution >= 0.6 is 11.6 Å². The summed E-state index contributed by atoms with van der Waals surface area (Å²) in [6, 6.07) is 15.0. The molecule has 8 heteroatoms. The maximum Gasteiger partial charge on any atom is 0.229 e. The number of benzene rings is 2. The molecule has 0 bridgehead atoms. The van der Waals surface area contributed by atoms with Crippen molar-refractivity contribution >= 4 is 11.6 Å². The van der Waals surface area contributed by atoms with Crippen LogP contribution in [0.5, 0.6) is 17.4 Å². The summed E-state index contributed by atoms with van der Waals surface area (Å²) in [6.45, 7) is 1.87. The molecule has 152 valence electrons. The van der Waals surface area contributed by atoms with Crippen molar-refractivity contribution in [3.8, 4) is 29.1 Å². The van der Waals surface area contributed by atoms with Crippen molar-refractivity contribution in [2.75, 3.05) is 14.2 Å². The van der Waals surface area contributed by atoms with E-state index in [-0.39, 0.29) is 5.88 Å². The Morgan fingerprint density at radius 2 is 1.93 bits per heavy atom. The SMILES string of the molecule is COc1ccc(C2C(C#N)=C(N)Oc3c2c(C)nn3-c2cccc(Cl)c2)cc1OC. The summed E-state index contributed by atoms with van der Waals surface area (Å²) in [5, 5.41) is 15.0. The van der Waals surface area contributed by atoms with Gasteiger partial charge in [-0.15, -0.1) is 0 Å². The van der Waals surface area contributed by atoms with Crippen LogP contribution < -0.4 is 19.9 Å². The van der Waals surface area contributed by atoms with Gasteiger partial charge in [-0.2, -0.15) is 10.4 Å². The molecule has 0 spiro atoms. The lowest BCUT2D eigenvalue weighted by molar-refractivity contribution is 0.353. The molecule has 2 aromatic carbocycles. The highest BCUT2D eigenvalue weighted by Crippen LogP contribution is 2.46. The minimum Gasteiger partial charge on any atom is -0.493 e. The predicted octanol–water partition coefficient (Wildman–Crippen LogP) is 4.07. The largest absolute Gasteiger partial charge is 0.493 e. The quantitative estimate of drug-likeness (QED) is 0.680. The summed E-state index contributed by atoms with van der Waals surface area (Å²) < 4.78 is 18.3. The normalized spacial score (nSPS) is 15.2. The molecule has 0 radical (unpaired) electrons. The Hall–Kier alpha value is -3.63. The predicted molar refractivity (Wildman–Crippen MR) is 112 cm³/mol. The molecule has 0 amide bonds. The number of allylic oxidation sites excluding steroid dienone is 1. The molecule has 3 aromatic rings. The number of aryl methyl sites for hydroxylation is 1. The van der Waals surface area contributed by atoms with Crippen molar-refractivity contribution in [3.05, 3.63) is 75.8 Å². The van der Waals surface area contributed by atoms with Crippen molar-refractivity contribution in [2.45, 2.75) is 12.8 Å². The van der Waals surface area contributed by atoms with Crippen molar-refractivity contribution in [1.82, 2.24) is 9.78 Å². The van der Waals surface area contributed by atoms with E-state index in [9.17, 15) is 5.26 Å². The number of hydrogen-bond acceptors (Lipinski definition) is 6. The number of aromatic nitrogens is 2. The number of nitrogens with zero attached hydrogens (tertiary/aromatic N) is 3. The van der Waals surface area contributed by atoms with Gasteiger partial charge in [0.2, 0.25) is 11.8 Å². The Kier molecular flexibility index (Phi) is 5.02. The number of halogens is 1. The molecule has 1 aliphatic heterocycles.